The Labute approximate surface area is 151 Å². The molecule has 2 aromatic rings. The van der Waals surface area contributed by atoms with Crippen LogP contribution in [0.4, 0.5) is 0 Å². The first-order valence-corrected chi connectivity index (χ1v) is 9.85. The summed E-state index contributed by atoms with van der Waals surface area (Å²) in [6.07, 6.45) is 7.38. The molecule has 2 aromatic carbocycles. The second-order valence-electron chi connectivity index (χ2n) is 7.84. The van der Waals surface area contributed by atoms with E-state index in [2.05, 4.69) is 48.2 Å². The minimum absolute atomic E-state index is 0.0690. The Morgan fingerprint density at radius 2 is 1.96 bits per heavy atom. The van der Waals surface area contributed by atoms with Crippen molar-refractivity contribution in [1.29, 1.82) is 0 Å². The number of piperidine rings is 1. The zero-order chi connectivity index (χ0) is 17.3. The fourth-order valence-corrected chi connectivity index (χ4v) is 5.07. The van der Waals surface area contributed by atoms with Gasteiger partial charge in [0.25, 0.3) is 0 Å². The SMILES string of the molecule is CCCCCN1CCC2(c3ccccc3)CC1Cc1ccc(O)cc12. The molecule has 25 heavy (non-hydrogen) atoms. The largest absolute Gasteiger partial charge is 0.508 e. The number of benzene rings is 2. The molecule has 1 fully saturated rings. The van der Waals surface area contributed by atoms with Crippen LogP contribution >= 0.6 is 0 Å². The Morgan fingerprint density at radius 1 is 1.12 bits per heavy atom. The third kappa shape index (κ3) is 2.97. The van der Waals surface area contributed by atoms with Crippen molar-refractivity contribution in [3.05, 3.63) is 65.2 Å². The number of phenols is 1. The van der Waals surface area contributed by atoms with Gasteiger partial charge in [-0.05, 0) is 67.6 Å². The minimum atomic E-state index is 0.0690. The first-order valence-electron chi connectivity index (χ1n) is 9.85. The van der Waals surface area contributed by atoms with Crippen LogP contribution in [0.1, 0.15) is 55.7 Å². The Morgan fingerprint density at radius 3 is 2.76 bits per heavy atom. The zero-order valence-electron chi connectivity index (χ0n) is 15.2. The Hall–Kier alpha value is -1.80. The smallest absolute Gasteiger partial charge is 0.115 e. The van der Waals surface area contributed by atoms with E-state index in [1.807, 2.05) is 12.1 Å². The van der Waals surface area contributed by atoms with Crippen LogP contribution in [0.5, 0.6) is 5.75 Å². The third-order valence-electron chi connectivity index (χ3n) is 6.37. The molecule has 2 bridgehead atoms. The fraction of sp³-hybridized carbons (Fsp3) is 0.478. The molecule has 0 radical (unpaired) electrons. The summed E-state index contributed by atoms with van der Waals surface area (Å²) in [5, 5.41) is 10.1. The van der Waals surface area contributed by atoms with E-state index < -0.39 is 0 Å². The topological polar surface area (TPSA) is 23.5 Å². The van der Waals surface area contributed by atoms with E-state index in [9.17, 15) is 5.11 Å². The van der Waals surface area contributed by atoms with Crippen molar-refractivity contribution in [2.75, 3.05) is 13.1 Å². The predicted octanol–water partition coefficient (Wildman–Crippen LogP) is 4.89. The monoisotopic (exact) mass is 335 g/mol. The summed E-state index contributed by atoms with van der Waals surface area (Å²) in [6, 6.07) is 17.7. The van der Waals surface area contributed by atoms with Gasteiger partial charge in [0.15, 0.2) is 0 Å². The van der Waals surface area contributed by atoms with Gasteiger partial charge >= 0.3 is 0 Å². The van der Waals surface area contributed by atoms with Crippen LogP contribution in [-0.4, -0.2) is 29.1 Å². The third-order valence-corrected chi connectivity index (χ3v) is 6.37. The highest BCUT2D eigenvalue weighted by atomic mass is 16.3. The second kappa shape index (κ2) is 6.84. The summed E-state index contributed by atoms with van der Waals surface area (Å²) < 4.78 is 0. The number of likely N-dealkylation sites (tertiary alicyclic amines) is 1. The van der Waals surface area contributed by atoms with E-state index in [1.54, 1.807) is 0 Å². The molecule has 2 unspecified atom stereocenters. The van der Waals surface area contributed by atoms with Gasteiger partial charge in [0.05, 0.1) is 0 Å². The molecular weight excluding hydrogens is 306 g/mol. The molecule has 0 spiro atoms. The highest BCUT2D eigenvalue weighted by Crippen LogP contribution is 2.49. The molecule has 1 aliphatic heterocycles. The van der Waals surface area contributed by atoms with Crippen molar-refractivity contribution in [1.82, 2.24) is 4.90 Å². The summed E-state index contributed by atoms with van der Waals surface area (Å²) in [6.45, 7) is 4.68. The number of hydrogen-bond acceptors (Lipinski definition) is 2. The molecule has 2 heteroatoms. The maximum Gasteiger partial charge on any atom is 0.115 e. The molecule has 4 rings (SSSR count). The summed E-state index contributed by atoms with van der Waals surface area (Å²) in [4.78, 5) is 2.73. The van der Waals surface area contributed by atoms with Gasteiger partial charge in [0, 0.05) is 11.5 Å². The van der Waals surface area contributed by atoms with E-state index in [0.717, 1.165) is 12.8 Å². The summed E-state index contributed by atoms with van der Waals surface area (Å²) in [5.41, 5.74) is 4.28. The van der Waals surface area contributed by atoms with Crippen LogP contribution in [0.15, 0.2) is 48.5 Å². The van der Waals surface area contributed by atoms with Crippen molar-refractivity contribution in [2.24, 2.45) is 0 Å². The van der Waals surface area contributed by atoms with Gasteiger partial charge in [-0.15, -0.1) is 0 Å². The lowest BCUT2D eigenvalue weighted by Crippen LogP contribution is -2.53. The van der Waals surface area contributed by atoms with Crippen LogP contribution in [0.25, 0.3) is 0 Å². The number of unbranched alkanes of at least 4 members (excludes halogenated alkanes) is 2. The first-order chi connectivity index (χ1) is 12.2. The van der Waals surface area contributed by atoms with E-state index in [-0.39, 0.29) is 5.41 Å². The van der Waals surface area contributed by atoms with Crippen molar-refractivity contribution in [2.45, 2.75) is 56.9 Å². The van der Waals surface area contributed by atoms with E-state index in [4.69, 9.17) is 0 Å². The summed E-state index contributed by atoms with van der Waals surface area (Å²) in [5.74, 6) is 0.401. The molecule has 0 aromatic heterocycles. The lowest BCUT2D eigenvalue weighted by Gasteiger charge is -2.52. The van der Waals surface area contributed by atoms with Crippen molar-refractivity contribution in [3.63, 3.8) is 0 Å². The highest BCUT2D eigenvalue weighted by molar-refractivity contribution is 5.50. The first kappa shape index (κ1) is 16.7. The quantitative estimate of drug-likeness (QED) is 0.787. The van der Waals surface area contributed by atoms with Crippen LogP contribution in [0.2, 0.25) is 0 Å². The van der Waals surface area contributed by atoms with Gasteiger partial charge < -0.3 is 5.11 Å². The van der Waals surface area contributed by atoms with Crippen LogP contribution < -0.4 is 0 Å². The maximum atomic E-state index is 10.1. The van der Waals surface area contributed by atoms with Gasteiger partial charge in [0.1, 0.15) is 5.75 Å². The molecule has 0 amide bonds. The Kier molecular flexibility index (Phi) is 4.56. The molecular formula is C23H29NO. The standard InChI is InChI=1S/C23H29NO/c1-2-3-7-13-24-14-12-23(19-8-5-4-6-9-19)17-20(24)15-18-10-11-21(25)16-22(18)23/h4-6,8-11,16,20,25H,2-3,7,12-15,17H2,1H3. The van der Waals surface area contributed by atoms with Gasteiger partial charge in [-0.25, -0.2) is 0 Å². The predicted molar refractivity (Wildman–Crippen MR) is 103 cm³/mol. The van der Waals surface area contributed by atoms with Crippen LogP contribution in [0, 0.1) is 0 Å². The Bertz CT molecular complexity index is 726. The van der Waals surface area contributed by atoms with E-state index in [1.165, 1.54) is 55.5 Å². The molecule has 1 heterocycles. The molecule has 1 N–H and O–H groups in total. The number of fused-ring (bicyclic) bond motifs is 4. The van der Waals surface area contributed by atoms with Crippen LogP contribution in [0.3, 0.4) is 0 Å². The summed E-state index contributed by atoms with van der Waals surface area (Å²) >= 11 is 0. The molecule has 2 atom stereocenters. The van der Waals surface area contributed by atoms with Gasteiger partial charge in [0.2, 0.25) is 0 Å². The summed E-state index contributed by atoms with van der Waals surface area (Å²) in [7, 11) is 0. The average molecular weight is 335 g/mol. The van der Waals surface area contributed by atoms with E-state index in [0.29, 0.717) is 11.8 Å². The molecule has 2 nitrogen and oxygen atoms in total. The maximum absolute atomic E-state index is 10.1. The molecule has 1 saturated heterocycles. The van der Waals surface area contributed by atoms with Gasteiger partial charge in [-0.1, -0.05) is 56.2 Å². The average Bonchev–Trinajstić information content (AvgIpc) is 2.65. The second-order valence-corrected chi connectivity index (χ2v) is 7.84. The zero-order valence-corrected chi connectivity index (χ0v) is 15.2. The van der Waals surface area contributed by atoms with Crippen molar-refractivity contribution < 1.29 is 5.11 Å². The number of aromatic hydroxyl groups is 1. The van der Waals surface area contributed by atoms with Gasteiger partial charge in [-0.2, -0.15) is 0 Å². The molecule has 0 saturated carbocycles. The van der Waals surface area contributed by atoms with Crippen molar-refractivity contribution >= 4 is 0 Å². The number of hydrogen-bond donors (Lipinski definition) is 1. The van der Waals surface area contributed by atoms with E-state index >= 15 is 0 Å². The Balaban J connectivity index is 1.72. The molecule has 1 aliphatic carbocycles. The fourth-order valence-electron chi connectivity index (χ4n) is 5.07. The molecule has 132 valence electrons. The number of nitrogens with zero attached hydrogens (tertiary/aromatic N) is 1. The normalized spacial score (nSPS) is 25.6. The van der Waals surface area contributed by atoms with Crippen LogP contribution in [-0.2, 0) is 11.8 Å². The molecule has 2 aliphatic rings. The lowest BCUT2D eigenvalue weighted by molar-refractivity contribution is 0.0940. The van der Waals surface area contributed by atoms with Crippen molar-refractivity contribution in [3.8, 4) is 5.75 Å². The number of phenolic OH excluding ortho intramolecular Hbond substituents is 1. The highest BCUT2D eigenvalue weighted by Gasteiger charge is 2.46. The minimum Gasteiger partial charge on any atom is -0.508 e. The number of rotatable bonds is 5. The van der Waals surface area contributed by atoms with Gasteiger partial charge in [-0.3, -0.25) is 4.90 Å². The lowest BCUT2D eigenvalue weighted by atomic mass is 9.60.